The van der Waals surface area contributed by atoms with Crippen LogP contribution in [0, 0.1) is 0 Å². The van der Waals surface area contributed by atoms with Gasteiger partial charge in [-0.2, -0.15) is 0 Å². The molecule has 0 aromatic heterocycles. The van der Waals surface area contributed by atoms with Gasteiger partial charge >= 0.3 is 0 Å². The first-order valence-corrected chi connectivity index (χ1v) is 13.0. The zero-order chi connectivity index (χ0) is 21.9. The zero-order valence-corrected chi connectivity index (χ0v) is 20.6. The van der Waals surface area contributed by atoms with Crippen LogP contribution in [0.3, 0.4) is 0 Å². The van der Waals surface area contributed by atoms with Gasteiger partial charge in [-0.1, -0.05) is 140 Å². The Morgan fingerprint density at radius 1 is 0.700 bits per heavy atom. The summed E-state index contributed by atoms with van der Waals surface area (Å²) in [5.74, 6) is 0.424. The van der Waals surface area contributed by atoms with E-state index in [9.17, 15) is 0 Å². The number of likely N-dealkylation sites (N-methyl/N-ethyl adjacent to an activating group) is 1. The van der Waals surface area contributed by atoms with Crippen molar-refractivity contribution >= 4 is 0 Å². The molecule has 0 saturated heterocycles. The minimum atomic E-state index is 0.424. The number of benzene rings is 1. The normalized spacial score (nSPS) is 13.5. The van der Waals surface area contributed by atoms with E-state index in [1.165, 1.54) is 108 Å². The van der Waals surface area contributed by atoms with Crippen molar-refractivity contribution in [1.82, 2.24) is 4.90 Å². The maximum absolute atomic E-state index is 4.14. The molecular formula is C29H51N. The van der Waals surface area contributed by atoms with Gasteiger partial charge in [-0.25, -0.2) is 0 Å². The van der Waals surface area contributed by atoms with Gasteiger partial charge in [0.15, 0.2) is 0 Å². The Bertz CT molecular complexity index is 492. The molecule has 0 aliphatic carbocycles. The molecule has 0 saturated carbocycles. The lowest BCUT2D eigenvalue weighted by atomic mass is 9.87. The van der Waals surface area contributed by atoms with Crippen molar-refractivity contribution in [3.63, 3.8) is 0 Å². The van der Waals surface area contributed by atoms with E-state index >= 15 is 0 Å². The number of hydrogen-bond acceptors (Lipinski definition) is 1. The van der Waals surface area contributed by atoms with Crippen molar-refractivity contribution in [2.75, 3.05) is 14.1 Å². The van der Waals surface area contributed by atoms with Crippen LogP contribution in [0.5, 0.6) is 0 Å². The van der Waals surface area contributed by atoms with Crippen molar-refractivity contribution in [2.24, 2.45) is 0 Å². The van der Waals surface area contributed by atoms with Crippen molar-refractivity contribution in [3.8, 4) is 0 Å². The van der Waals surface area contributed by atoms with E-state index in [1.807, 2.05) is 0 Å². The Balaban J connectivity index is 2.04. The first-order chi connectivity index (χ1) is 14.7. The van der Waals surface area contributed by atoms with Crippen molar-refractivity contribution in [3.05, 3.63) is 48.6 Å². The molecule has 30 heavy (non-hydrogen) atoms. The highest BCUT2D eigenvalue weighted by Crippen LogP contribution is 2.27. The molecule has 1 nitrogen and oxygen atoms in total. The third-order valence-corrected chi connectivity index (χ3v) is 6.62. The van der Waals surface area contributed by atoms with E-state index in [1.54, 1.807) is 0 Å². The van der Waals surface area contributed by atoms with Gasteiger partial charge in [-0.15, -0.1) is 6.58 Å². The lowest BCUT2D eigenvalue weighted by Crippen LogP contribution is -2.33. The maximum Gasteiger partial charge on any atom is 0.0192 e. The Hall–Kier alpha value is -1.08. The second-order valence-electron chi connectivity index (χ2n) is 9.44. The van der Waals surface area contributed by atoms with Crippen LogP contribution in [0.1, 0.15) is 121 Å². The van der Waals surface area contributed by atoms with E-state index in [0.717, 1.165) is 0 Å². The van der Waals surface area contributed by atoms with E-state index < -0.39 is 0 Å². The van der Waals surface area contributed by atoms with Crippen LogP contribution in [0.15, 0.2) is 43.0 Å². The van der Waals surface area contributed by atoms with Crippen molar-refractivity contribution in [2.45, 2.75) is 122 Å². The first-order valence-electron chi connectivity index (χ1n) is 13.0. The average molecular weight is 414 g/mol. The largest absolute Gasteiger partial charge is 0.306 e. The smallest absolute Gasteiger partial charge is 0.0192 e. The lowest BCUT2D eigenvalue weighted by molar-refractivity contribution is 0.252. The van der Waals surface area contributed by atoms with Crippen LogP contribution < -0.4 is 0 Å². The topological polar surface area (TPSA) is 3.24 Å². The van der Waals surface area contributed by atoms with E-state index in [4.69, 9.17) is 0 Å². The Labute approximate surface area is 189 Å². The SMILES string of the molecule is C=CC(c1ccccc1)C(CCCCCCCCCCCCCCCCC)N(C)C. The number of hydrogen-bond donors (Lipinski definition) is 0. The molecule has 0 N–H and O–H groups in total. The van der Waals surface area contributed by atoms with E-state index in [0.29, 0.717) is 12.0 Å². The second kappa shape index (κ2) is 18.7. The first kappa shape index (κ1) is 27.0. The molecule has 0 amide bonds. The highest BCUT2D eigenvalue weighted by Gasteiger charge is 2.21. The molecule has 2 unspecified atom stereocenters. The van der Waals surface area contributed by atoms with Gasteiger partial charge in [0.2, 0.25) is 0 Å². The highest BCUT2D eigenvalue weighted by atomic mass is 15.1. The Morgan fingerprint density at radius 3 is 1.53 bits per heavy atom. The van der Waals surface area contributed by atoms with Crippen LogP contribution in [0.2, 0.25) is 0 Å². The van der Waals surface area contributed by atoms with Crippen LogP contribution in [0.4, 0.5) is 0 Å². The molecule has 172 valence electrons. The number of unbranched alkanes of at least 4 members (excludes halogenated alkanes) is 14. The summed E-state index contributed by atoms with van der Waals surface area (Å²) in [4.78, 5) is 2.39. The molecule has 0 bridgehead atoms. The zero-order valence-electron chi connectivity index (χ0n) is 20.6. The van der Waals surface area contributed by atoms with E-state index in [2.05, 4.69) is 68.9 Å². The van der Waals surface area contributed by atoms with Gasteiger partial charge in [-0.3, -0.25) is 0 Å². The molecule has 0 fully saturated rings. The third kappa shape index (κ3) is 12.6. The molecule has 0 aliphatic rings. The minimum absolute atomic E-state index is 0.424. The van der Waals surface area contributed by atoms with Crippen molar-refractivity contribution < 1.29 is 0 Å². The fraction of sp³-hybridized carbons (Fsp3) is 0.724. The fourth-order valence-electron chi connectivity index (χ4n) is 4.67. The summed E-state index contributed by atoms with van der Waals surface area (Å²) >= 11 is 0. The number of nitrogens with zero attached hydrogens (tertiary/aromatic N) is 1. The minimum Gasteiger partial charge on any atom is -0.306 e. The van der Waals surface area contributed by atoms with Crippen LogP contribution in [-0.4, -0.2) is 25.0 Å². The molecule has 1 aromatic rings. The quantitative estimate of drug-likeness (QED) is 0.152. The van der Waals surface area contributed by atoms with E-state index in [-0.39, 0.29) is 0 Å². The lowest BCUT2D eigenvalue weighted by Gasteiger charge is -2.31. The standard InChI is InChI=1S/C29H51N/c1-5-7-8-9-10-11-12-13-14-15-16-17-18-19-23-26-29(30(3)4)28(6-2)27-24-21-20-22-25-27/h6,20-22,24-25,28-29H,2,5,7-19,23,26H2,1,3-4H3. The third-order valence-electron chi connectivity index (χ3n) is 6.62. The summed E-state index contributed by atoms with van der Waals surface area (Å²) in [5.41, 5.74) is 1.40. The summed E-state index contributed by atoms with van der Waals surface area (Å²) < 4.78 is 0. The van der Waals surface area contributed by atoms with Gasteiger partial charge in [0.1, 0.15) is 0 Å². The molecular weight excluding hydrogens is 362 g/mol. The van der Waals surface area contributed by atoms with Gasteiger partial charge in [0.05, 0.1) is 0 Å². The molecule has 1 heteroatoms. The maximum atomic E-state index is 4.14. The summed E-state index contributed by atoms with van der Waals surface area (Å²) in [6.45, 7) is 6.43. The molecule has 0 aliphatic heterocycles. The molecule has 0 radical (unpaired) electrons. The molecule has 0 heterocycles. The molecule has 2 atom stereocenters. The number of rotatable bonds is 20. The van der Waals surface area contributed by atoms with Gasteiger partial charge in [0.25, 0.3) is 0 Å². The predicted octanol–water partition coefficient (Wildman–Crippen LogP) is 9.15. The Morgan fingerprint density at radius 2 is 1.13 bits per heavy atom. The van der Waals surface area contributed by atoms with Gasteiger partial charge in [-0.05, 0) is 26.1 Å². The molecule has 0 spiro atoms. The highest BCUT2D eigenvalue weighted by molar-refractivity contribution is 5.25. The van der Waals surface area contributed by atoms with Gasteiger partial charge < -0.3 is 4.90 Å². The summed E-state index contributed by atoms with van der Waals surface area (Å²) in [5, 5.41) is 0. The second-order valence-corrected chi connectivity index (χ2v) is 9.44. The summed E-state index contributed by atoms with van der Waals surface area (Å²) in [6, 6.07) is 11.4. The summed E-state index contributed by atoms with van der Waals surface area (Å²) in [6.07, 6.45) is 24.8. The van der Waals surface area contributed by atoms with Crippen LogP contribution in [-0.2, 0) is 0 Å². The fourth-order valence-corrected chi connectivity index (χ4v) is 4.67. The van der Waals surface area contributed by atoms with Crippen LogP contribution >= 0.6 is 0 Å². The van der Waals surface area contributed by atoms with Crippen molar-refractivity contribution in [1.29, 1.82) is 0 Å². The predicted molar refractivity (Wildman–Crippen MR) is 136 cm³/mol. The van der Waals surface area contributed by atoms with Gasteiger partial charge in [0, 0.05) is 12.0 Å². The molecule has 1 aromatic carbocycles. The van der Waals surface area contributed by atoms with Crippen LogP contribution in [0.25, 0.3) is 0 Å². The average Bonchev–Trinajstić information content (AvgIpc) is 2.76. The monoisotopic (exact) mass is 413 g/mol. The summed E-state index contributed by atoms with van der Waals surface area (Å²) in [7, 11) is 4.44. The Kier molecular flexibility index (Phi) is 16.8. The molecule has 1 rings (SSSR count).